The smallest absolute Gasteiger partial charge is 0.416 e. The third kappa shape index (κ3) is 5.76. The second-order valence-electron chi connectivity index (χ2n) is 4.77. The van der Waals surface area contributed by atoms with Gasteiger partial charge in [0.15, 0.2) is 0 Å². The summed E-state index contributed by atoms with van der Waals surface area (Å²) in [7, 11) is -4.32. The summed E-state index contributed by atoms with van der Waals surface area (Å²) in [6, 6.07) is 1.22. The van der Waals surface area contributed by atoms with Crippen molar-refractivity contribution >= 4 is 13.6 Å². The lowest BCUT2D eigenvalue weighted by Gasteiger charge is -2.15. The van der Waals surface area contributed by atoms with Crippen LogP contribution in [0.5, 0.6) is 0 Å². The third-order valence-corrected chi connectivity index (χ3v) is 3.77. The summed E-state index contributed by atoms with van der Waals surface area (Å²) in [4.78, 5) is 28.4. The number of carboxylic acid groups (broad SMARTS) is 1. The molecule has 1 rings (SSSR count). The van der Waals surface area contributed by atoms with Crippen LogP contribution in [0.25, 0.3) is 0 Å². The molecule has 22 heavy (non-hydrogen) atoms. The highest BCUT2D eigenvalue weighted by Gasteiger charge is 2.31. The predicted molar refractivity (Wildman–Crippen MR) is 71.4 cm³/mol. The molecule has 1 aromatic rings. The van der Waals surface area contributed by atoms with Crippen molar-refractivity contribution in [1.29, 1.82) is 0 Å². The Kier molecular flexibility index (Phi) is 5.75. The molecule has 0 aliphatic rings. The normalized spacial score (nSPS) is 13.9. The second-order valence-corrected chi connectivity index (χ2v) is 6.54. The van der Waals surface area contributed by atoms with Crippen LogP contribution in [0.2, 0.25) is 0 Å². The Bertz CT molecular complexity index is 599. The van der Waals surface area contributed by atoms with Gasteiger partial charge in [0.05, 0.1) is 11.7 Å². The summed E-state index contributed by atoms with van der Waals surface area (Å²) in [5.74, 6) is -1.38. The molecule has 124 valence electrons. The first-order valence-electron chi connectivity index (χ1n) is 6.12. The summed E-state index contributed by atoms with van der Waals surface area (Å²) in [5.41, 5.74) is 4.59. The number of carbonyl (C=O) groups is 1. The van der Waals surface area contributed by atoms with E-state index in [0.29, 0.717) is 0 Å². The Morgan fingerprint density at radius 1 is 1.27 bits per heavy atom. The fraction of sp³-hybridized carbons (Fsp3) is 0.417. The minimum Gasteiger partial charge on any atom is -0.480 e. The summed E-state index contributed by atoms with van der Waals surface area (Å²) < 4.78 is 49.0. The van der Waals surface area contributed by atoms with E-state index in [1.54, 1.807) is 0 Å². The van der Waals surface area contributed by atoms with Gasteiger partial charge in [-0.3, -0.25) is 9.36 Å². The topological polar surface area (TPSA) is 121 Å². The monoisotopic (exact) mass is 341 g/mol. The lowest BCUT2D eigenvalue weighted by atomic mass is 9.96. The lowest BCUT2D eigenvalue weighted by molar-refractivity contribution is -0.138. The molecule has 0 amide bonds. The van der Waals surface area contributed by atoms with E-state index in [2.05, 4.69) is 0 Å². The average Bonchev–Trinajstić information content (AvgIpc) is 2.34. The molecule has 10 heteroatoms. The highest BCUT2D eigenvalue weighted by atomic mass is 31.2. The number of carboxylic acids is 1. The van der Waals surface area contributed by atoms with Gasteiger partial charge >= 0.3 is 19.7 Å². The Morgan fingerprint density at radius 3 is 2.32 bits per heavy atom. The minimum absolute atomic E-state index is 0.0122. The molecule has 0 aliphatic heterocycles. The summed E-state index contributed by atoms with van der Waals surface area (Å²) in [6.07, 6.45) is -5.70. The Hall–Kier alpha value is -1.41. The first-order valence-corrected chi connectivity index (χ1v) is 7.92. The summed E-state index contributed by atoms with van der Waals surface area (Å²) >= 11 is 0. The van der Waals surface area contributed by atoms with Crippen LogP contribution < -0.4 is 5.73 Å². The van der Waals surface area contributed by atoms with Gasteiger partial charge in [0.1, 0.15) is 6.04 Å². The Balaban J connectivity index is 3.13. The maximum absolute atomic E-state index is 12.7. The zero-order valence-electron chi connectivity index (χ0n) is 11.2. The number of halogens is 3. The highest BCUT2D eigenvalue weighted by Crippen LogP contribution is 2.36. The van der Waals surface area contributed by atoms with Crippen LogP contribution in [-0.2, 0) is 28.4 Å². The van der Waals surface area contributed by atoms with Gasteiger partial charge in [0.25, 0.3) is 0 Å². The number of hydrogen-bond donors (Lipinski definition) is 4. The van der Waals surface area contributed by atoms with E-state index in [1.807, 2.05) is 0 Å². The van der Waals surface area contributed by atoms with Crippen LogP contribution in [0.15, 0.2) is 18.2 Å². The molecule has 0 saturated carbocycles. The van der Waals surface area contributed by atoms with E-state index in [1.165, 1.54) is 0 Å². The van der Waals surface area contributed by atoms with Gasteiger partial charge in [0, 0.05) is 0 Å². The molecule has 0 radical (unpaired) electrons. The van der Waals surface area contributed by atoms with Crippen molar-refractivity contribution in [2.75, 3.05) is 6.16 Å². The fourth-order valence-corrected chi connectivity index (χ4v) is 2.36. The average molecular weight is 341 g/mol. The number of hydrogen-bond acceptors (Lipinski definition) is 3. The molecule has 0 saturated heterocycles. The van der Waals surface area contributed by atoms with Gasteiger partial charge in [-0.15, -0.1) is 0 Å². The molecule has 5 N–H and O–H groups in total. The second kappa shape index (κ2) is 6.78. The van der Waals surface area contributed by atoms with Crippen LogP contribution in [0.3, 0.4) is 0 Å². The van der Waals surface area contributed by atoms with Crippen molar-refractivity contribution in [1.82, 2.24) is 0 Å². The van der Waals surface area contributed by atoms with E-state index in [9.17, 15) is 22.5 Å². The summed E-state index contributed by atoms with van der Waals surface area (Å²) in [6.45, 7) is 0. The number of rotatable bonds is 6. The van der Waals surface area contributed by atoms with Gasteiger partial charge < -0.3 is 20.6 Å². The molecule has 6 nitrogen and oxygen atoms in total. The van der Waals surface area contributed by atoms with Gasteiger partial charge in [-0.2, -0.15) is 13.2 Å². The van der Waals surface area contributed by atoms with E-state index in [4.69, 9.17) is 20.6 Å². The van der Waals surface area contributed by atoms with E-state index < -0.39 is 37.5 Å². The SMILES string of the molecule is N[C@@H](Cc1cc(C(F)(F)F)ccc1CCP(=O)(O)O)C(=O)O. The number of alkyl halides is 3. The van der Waals surface area contributed by atoms with E-state index in [0.717, 1.165) is 18.2 Å². The molecule has 0 bridgehead atoms. The van der Waals surface area contributed by atoms with Crippen LogP contribution >= 0.6 is 7.60 Å². The molecule has 0 unspecified atom stereocenters. The molecule has 0 spiro atoms. The highest BCUT2D eigenvalue weighted by molar-refractivity contribution is 7.51. The van der Waals surface area contributed by atoms with Gasteiger partial charge in [-0.05, 0) is 36.1 Å². The first-order chi connectivity index (χ1) is 9.90. The van der Waals surface area contributed by atoms with Crippen LogP contribution in [-0.4, -0.2) is 33.1 Å². The van der Waals surface area contributed by atoms with Crippen LogP contribution in [0, 0.1) is 0 Å². The van der Waals surface area contributed by atoms with E-state index >= 15 is 0 Å². The van der Waals surface area contributed by atoms with Gasteiger partial charge in [-0.1, -0.05) is 6.07 Å². The third-order valence-electron chi connectivity index (χ3n) is 2.96. The standard InChI is InChI=1S/C12H15F3NO5P/c13-12(14,15)9-2-1-7(3-4-22(19,20)21)8(5-9)6-10(16)11(17)18/h1-2,5,10H,3-4,6,16H2,(H,17,18)(H2,19,20,21)/t10-/m0/s1. The number of benzene rings is 1. The molecule has 0 fully saturated rings. The molecule has 0 aromatic heterocycles. The fourth-order valence-electron chi connectivity index (χ4n) is 1.83. The Labute approximate surface area is 123 Å². The molecule has 0 aliphatic carbocycles. The van der Waals surface area contributed by atoms with Crippen molar-refractivity contribution in [3.8, 4) is 0 Å². The van der Waals surface area contributed by atoms with Crippen molar-refractivity contribution in [2.45, 2.75) is 25.1 Å². The predicted octanol–water partition coefficient (Wildman–Crippen LogP) is 1.38. The molecular weight excluding hydrogens is 326 g/mol. The number of aliphatic carboxylic acids is 1. The quantitative estimate of drug-likeness (QED) is 0.580. The molecular formula is C12H15F3NO5P. The summed E-state index contributed by atoms with van der Waals surface area (Å²) in [5, 5.41) is 8.75. The molecule has 0 heterocycles. The first kappa shape index (κ1) is 18.6. The van der Waals surface area contributed by atoms with Crippen molar-refractivity contribution < 1.29 is 37.4 Å². The minimum atomic E-state index is -4.61. The van der Waals surface area contributed by atoms with Crippen LogP contribution in [0.1, 0.15) is 16.7 Å². The maximum atomic E-state index is 12.7. The number of nitrogens with two attached hydrogens (primary N) is 1. The van der Waals surface area contributed by atoms with E-state index in [-0.39, 0.29) is 24.0 Å². The lowest BCUT2D eigenvalue weighted by Crippen LogP contribution is -2.32. The Morgan fingerprint density at radius 2 is 1.86 bits per heavy atom. The van der Waals surface area contributed by atoms with Crippen molar-refractivity contribution in [3.05, 3.63) is 34.9 Å². The molecule has 1 atom stereocenters. The maximum Gasteiger partial charge on any atom is 0.416 e. The van der Waals surface area contributed by atoms with Crippen LogP contribution in [0.4, 0.5) is 13.2 Å². The number of aryl methyl sites for hydroxylation is 1. The zero-order chi connectivity index (χ0) is 17.1. The molecule has 1 aromatic carbocycles. The zero-order valence-corrected chi connectivity index (χ0v) is 12.1. The van der Waals surface area contributed by atoms with Crippen molar-refractivity contribution in [2.24, 2.45) is 5.73 Å². The van der Waals surface area contributed by atoms with Gasteiger partial charge in [0.2, 0.25) is 0 Å². The largest absolute Gasteiger partial charge is 0.480 e. The van der Waals surface area contributed by atoms with Crippen molar-refractivity contribution in [3.63, 3.8) is 0 Å². The van der Waals surface area contributed by atoms with Gasteiger partial charge in [-0.25, -0.2) is 0 Å².